The fourth-order valence-electron chi connectivity index (χ4n) is 13.8. The molecule has 1 saturated carbocycles. The van der Waals surface area contributed by atoms with Crippen molar-refractivity contribution >= 4 is 63.5 Å². The quantitative estimate of drug-likeness (QED) is 0.161. The molecule has 2 aliphatic heterocycles. The molecule has 336 valence electrons. The number of benzene rings is 5. The van der Waals surface area contributed by atoms with Crippen LogP contribution in [-0.2, 0) is 28.1 Å². The van der Waals surface area contributed by atoms with Crippen LogP contribution in [0.1, 0.15) is 160 Å². The SMILES string of the molecule is Cc1cc2c3c(c1)N(c1ccc4c(c1)C(C)(C)CCC4(C)C)c1c(oc4c1C=C1C(C4)C(C)(C)CCC1(C)C)B3c1cc(C(C)(C)C)ccc1N2c1cccc2c1-c1ccccc1C2(C)C. The predicted molar refractivity (Wildman–Crippen MR) is 281 cm³/mol. The van der Waals surface area contributed by atoms with Crippen molar-refractivity contribution in [2.45, 2.75) is 151 Å². The highest BCUT2D eigenvalue weighted by Crippen LogP contribution is 2.59. The second-order valence-corrected chi connectivity index (χ2v) is 25.6. The van der Waals surface area contributed by atoms with Gasteiger partial charge in [0.05, 0.1) is 17.0 Å². The van der Waals surface area contributed by atoms with Crippen LogP contribution in [0.4, 0.5) is 34.1 Å². The summed E-state index contributed by atoms with van der Waals surface area (Å²) in [5.74, 6) is 1.60. The number of allylic oxidation sites excluding steroid dienone is 1. The van der Waals surface area contributed by atoms with Crippen molar-refractivity contribution in [2.75, 3.05) is 9.80 Å². The van der Waals surface area contributed by atoms with Gasteiger partial charge < -0.3 is 14.2 Å². The van der Waals surface area contributed by atoms with Gasteiger partial charge in [0.2, 0.25) is 0 Å². The Bertz CT molecular complexity index is 3120. The molecule has 0 saturated heterocycles. The van der Waals surface area contributed by atoms with Crippen LogP contribution in [0.2, 0.25) is 0 Å². The molecule has 0 radical (unpaired) electrons. The zero-order chi connectivity index (χ0) is 46.4. The monoisotopic (exact) mass is 869 g/mol. The zero-order valence-corrected chi connectivity index (χ0v) is 42.2. The Morgan fingerprint density at radius 2 is 1.30 bits per heavy atom. The van der Waals surface area contributed by atoms with Crippen molar-refractivity contribution in [3.05, 3.63) is 141 Å². The summed E-state index contributed by atoms with van der Waals surface area (Å²) >= 11 is 0. The Morgan fingerprint density at radius 1 is 0.621 bits per heavy atom. The maximum Gasteiger partial charge on any atom is 0.297 e. The van der Waals surface area contributed by atoms with Crippen LogP contribution < -0.4 is 26.4 Å². The molecule has 1 unspecified atom stereocenters. The molecule has 0 N–H and O–H groups in total. The third-order valence-corrected chi connectivity index (χ3v) is 18.1. The average molecular weight is 869 g/mol. The zero-order valence-electron chi connectivity index (χ0n) is 42.2. The minimum Gasteiger partial charge on any atom is -0.472 e. The van der Waals surface area contributed by atoms with Gasteiger partial charge in [0.15, 0.2) is 0 Å². The van der Waals surface area contributed by atoms with E-state index in [2.05, 4.69) is 204 Å². The van der Waals surface area contributed by atoms with Gasteiger partial charge in [-0.15, -0.1) is 0 Å². The third-order valence-electron chi connectivity index (χ3n) is 18.1. The molecule has 1 fully saturated rings. The number of nitrogens with zero attached hydrogens (tertiary/aromatic N) is 2. The van der Waals surface area contributed by atoms with E-state index in [1.165, 1.54) is 121 Å². The van der Waals surface area contributed by atoms with Crippen LogP contribution in [0.25, 0.3) is 17.2 Å². The van der Waals surface area contributed by atoms with E-state index in [1.54, 1.807) is 5.57 Å². The van der Waals surface area contributed by atoms with Gasteiger partial charge in [-0.1, -0.05) is 150 Å². The number of hydrogen-bond donors (Lipinski definition) is 0. The van der Waals surface area contributed by atoms with Gasteiger partial charge in [-0.05, 0) is 158 Å². The predicted octanol–water partition coefficient (Wildman–Crippen LogP) is 15.0. The van der Waals surface area contributed by atoms with Crippen molar-refractivity contribution in [3.8, 4) is 11.1 Å². The van der Waals surface area contributed by atoms with Crippen LogP contribution in [0.3, 0.4) is 0 Å². The van der Waals surface area contributed by atoms with Gasteiger partial charge in [-0.2, -0.15) is 0 Å². The van der Waals surface area contributed by atoms with Crippen molar-refractivity contribution < 1.29 is 4.42 Å². The first-order valence-corrected chi connectivity index (χ1v) is 25.1. The van der Waals surface area contributed by atoms with Gasteiger partial charge >= 0.3 is 0 Å². The fourth-order valence-corrected chi connectivity index (χ4v) is 13.8. The van der Waals surface area contributed by atoms with Crippen molar-refractivity contribution in [1.29, 1.82) is 0 Å². The smallest absolute Gasteiger partial charge is 0.297 e. The number of hydrogen-bond acceptors (Lipinski definition) is 3. The standard InChI is InChI=1S/C62H69BN2O/c1-36-30-50-54-51(31-36)65(49-21-17-20-43-53(49)39-18-15-16-19-41(39)62(43,13)14)48-25-22-37(57(2,3)4)32-47(48)63(54)56-55(40-34-45-46(35-52(40)66-56)61(11,12)29-28-60(45,9)10)64(50)38-23-24-42-44(33-38)59(7,8)27-26-58(42,5)6/h15-25,30-34,46H,26-29,35H2,1-14H3. The summed E-state index contributed by atoms with van der Waals surface area (Å²) < 4.78 is 7.72. The third kappa shape index (κ3) is 5.69. The molecule has 3 heterocycles. The molecule has 0 bridgehead atoms. The van der Waals surface area contributed by atoms with E-state index < -0.39 is 0 Å². The maximum atomic E-state index is 7.72. The Kier molecular flexibility index (Phi) is 8.48. The summed E-state index contributed by atoms with van der Waals surface area (Å²) in [5, 5.41) is 0. The Labute approximate surface area is 395 Å². The highest BCUT2D eigenvalue weighted by Gasteiger charge is 2.52. The van der Waals surface area contributed by atoms with Gasteiger partial charge in [0, 0.05) is 45.7 Å². The minimum atomic E-state index is -0.117. The lowest BCUT2D eigenvalue weighted by molar-refractivity contribution is 0.119. The van der Waals surface area contributed by atoms with E-state index in [1.807, 2.05) is 0 Å². The van der Waals surface area contributed by atoms with E-state index in [9.17, 15) is 0 Å². The summed E-state index contributed by atoms with van der Waals surface area (Å²) in [6.45, 7) is 33.9. The summed E-state index contributed by atoms with van der Waals surface area (Å²) in [6, 6.07) is 36.1. The largest absolute Gasteiger partial charge is 0.472 e. The summed E-state index contributed by atoms with van der Waals surface area (Å²) in [7, 11) is 0. The molecule has 6 aromatic rings. The second kappa shape index (κ2) is 13.3. The Hall–Kier alpha value is -5.22. The van der Waals surface area contributed by atoms with E-state index in [0.29, 0.717) is 5.92 Å². The highest BCUT2D eigenvalue weighted by molar-refractivity contribution is 6.99. The maximum absolute atomic E-state index is 7.72. The molecule has 12 rings (SSSR count). The lowest BCUT2D eigenvalue weighted by Crippen LogP contribution is -2.61. The van der Waals surface area contributed by atoms with Crippen LogP contribution in [0, 0.1) is 23.7 Å². The van der Waals surface area contributed by atoms with E-state index in [-0.39, 0.29) is 39.2 Å². The minimum absolute atomic E-state index is 0.0415. The normalized spacial score (nSPS) is 21.6. The van der Waals surface area contributed by atoms with Crippen LogP contribution in [0.15, 0.2) is 101 Å². The number of anilines is 6. The number of rotatable bonds is 2. The van der Waals surface area contributed by atoms with Gasteiger partial charge in [-0.3, -0.25) is 0 Å². The first-order valence-electron chi connectivity index (χ1n) is 25.1. The molecule has 0 amide bonds. The number of furan rings is 1. The fraction of sp³-hybridized carbons (Fsp3) is 0.419. The van der Waals surface area contributed by atoms with Crippen LogP contribution in [-0.4, -0.2) is 6.71 Å². The van der Waals surface area contributed by atoms with Crippen LogP contribution >= 0.6 is 0 Å². The molecule has 4 heteroatoms. The lowest BCUT2D eigenvalue weighted by atomic mass is 9.35. The molecule has 5 aromatic carbocycles. The molecule has 1 atom stereocenters. The van der Waals surface area contributed by atoms with Gasteiger partial charge in [0.25, 0.3) is 6.71 Å². The summed E-state index contributed by atoms with van der Waals surface area (Å²) in [4.78, 5) is 5.31. The molecule has 0 spiro atoms. The molecular weight excluding hydrogens is 800 g/mol. The molecule has 6 aliphatic rings. The number of fused-ring (bicyclic) bond motifs is 11. The summed E-state index contributed by atoms with van der Waals surface area (Å²) in [5.41, 5.74) is 25.5. The topological polar surface area (TPSA) is 19.6 Å². The van der Waals surface area contributed by atoms with Crippen molar-refractivity contribution in [3.63, 3.8) is 0 Å². The Morgan fingerprint density at radius 3 is 2.05 bits per heavy atom. The number of aryl methyl sites for hydroxylation is 1. The first kappa shape index (κ1) is 42.2. The van der Waals surface area contributed by atoms with E-state index in [4.69, 9.17) is 4.42 Å². The molecule has 3 nitrogen and oxygen atoms in total. The highest BCUT2D eigenvalue weighted by atomic mass is 16.3. The average Bonchev–Trinajstić information content (AvgIpc) is 3.74. The van der Waals surface area contributed by atoms with Crippen molar-refractivity contribution in [1.82, 2.24) is 0 Å². The van der Waals surface area contributed by atoms with Crippen molar-refractivity contribution in [2.24, 2.45) is 16.7 Å². The Balaban J connectivity index is 1.19. The van der Waals surface area contributed by atoms with Gasteiger partial charge in [-0.25, -0.2) is 0 Å². The second-order valence-electron chi connectivity index (χ2n) is 25.6. The first-order chi connectivity index (χ1) is 31.0. The molecule has 4 aliphatic carbocycles. The molecule has 66 heavy (non-hydrogen) atoms. The molecular formula is C62H69BN2O. The molecule has 1 aromatic heterocycles. The lowest BCUT2D eigenvalue weighted by Gasteiger charge is -2.49. The van der Waals surface area contributed by atoms with E-state index in [0.717, 1.165) is 17.8 Å². The van der Waals surface area contributed by atoms with Crippen LogP contribution in [0.5, 0.6) is 0 Å². The summed E-state index contributed by atoms with van der Waals surface area (Å²) in [6.07, 6.45) is 8.36. The van der Waals surface area contributed by atoms with Gasteiger partial charge in [0.1, 0.15) is 5.76 Å². The van der Waals surface area contributed by atoms with E-state index >= 15 is 0 Å².